The molecule has 2 heterocycles. The lowest BCUT2D eigenvalue weighted by atomic mass is 9.83. The van der Waals surface area contributed by atoms with Crippen LogP contribution in [0.2, 0.25) is 0 Å². The molecule has 0 amide bonds. The Bertz CT molecular complexity index is 1130. The highest BCUT2D eigenvalue weighted by Gasteiger charge is 2.33. The molecule has 162 valence electrons. The minimum Gasteiger partial charge on any atom is -0.289 e. The second-order valence-electron chi connectivity index (χ2n) is 8.28. The number of nitrogens with zero attached hydrogens (tertiary/aromatic N) is 3. The van der Waals surface area contributed by atoms with Crippen LogP contribution in [0.1, 0.15) is 60.9 Å². The fourth-order valence-electron chi connectivity index (χ4n) is 5.03. The summed E-state index contributed by atoms with van der Waals surface area (Å²) in [6.45, 7) is 1.09. The topological polar surface area (TPSA) is 75.2 Å². The third-order valence-electron chi connectivity index (χ3n) is 6.42. The van der Waals surface area contributed by atoms with Crippen LogP contribution in [0.25, 0.3) is 0 Å². The number of likely N-dealkylation sites (tertiary alicyclic amines) is 1. The highest BCUT2D eigenvalue weighted by molar-refractivity contribution is 7.93. The van der Waals surface area contributed by atoms with Crippen LogP contribution in [-0.4, -0.2) is 29.2 Å². The number of hydrogen-bond acceptors (Lipinski definition) is 6. The van der Waals surface area contributed by atoms with Crippen molar-refractivity contribution in [3.8, 4) is 0 Å². The Kier molecular flexibility index (Phi) is 5.77. The number of hydrogen-bond donors (Lipinski definition) is 1. The standard InChI is InChI=1S/C23H26N4O2S2/c28-31(29,26-23-24-16-25-30-23)19-12-13-20-18(15-19)9-6-11-22(20)27-14-5-4-10-21(27)17-7-2-1-3-8-17/h1-3,7-8,12-13,15-16,21-22H,4-6,9-11,14H2,(H,24,25,26). The average molecular weight is 455 g/mol. The van der Waals surface area contributed by atoms with Gasteiger partial charge in [0.1, 0.15) is 6.33 Å². The minimum absolute atomic E-state index is 0.287. The third kappa shape index (κ3) is 4.24. The van der Waals surface area contributed by atoms with Gasteiger partial charge in [-0.1, -0.05) is 42.8 Å². The number of anilines is 1. The summed E-state index contributed by atoms with van der Waals surface area (Å²) < 4.78 is 32.0. The van der Waals surface area contributed by atoms with E-state index in [9.17, 15) is 8.42 Å². The van der Waals surface area contributed by atoms with Gasteiger partial charge in [0.05, 0.1) is 4.90 Å². The van der Waals surface area contributed by atoms with Crippen molar-refractivity contribution in [2.45, 2.75) is 55.5 Å². The van der Waals surface area contributed by atoms with E-state index < -0.39 is 10.0 Å². The van der Waals surface area contributed by atoms with E-state index in [1.165, 1.54) is 36.7 Å². The van der Waals surface area contributed by atoms with E-state index in [4.69, 9.17) is 0 Å². The molecule has 1 fully saturated rings. The Balaban J connectivity index is 1.45. The maximum absolute atomic E-state index is 12.8. The molecule has 0 bridgehead atoms. The quantitative estimate of drug-likeness (QED) is 0.591. The van der Waals surface area contributed by atoms with Crippen molar-refractivity contribution in [3.05, 3.63) is 71.5 Å². The molecular weight excluding hydrogens is 428 g/mol. The SMILES string of the molecule is O=S(=O)(Nc1ncns1)c1ccc2c(c1)CCCC2N1CCCCC1c1ccccc1. The van der Waals surface area contributed by atoms with Gasteiger partial charge in [0.15, 0.2) is 0 Å². The first kappa shape index (κ1) is 20.6. The van der Waals surface area contributed by atoms with Gasteiger partial charge in [-0.05, 0) is 67.5 Å². The number of piperidine rings is 1. The van der Waals surface area contributed by atoms with Crippen molar-refractivity contribution in [1.82, 2.24) is 14.3 Å². The normalized spacial score (nSPS) is 22.1. The molecule has 0 spiro atoms. The monoisotopic (exact) mass is 454 g/mol. The van der Waals surface area contributed by atoms with Crippen molar-refractivity contribution >= 4 is 26.7 Å². The lowest BCUT2D eigenvalue weighted by Gasteiger charge is -2.44. The van der Waals surface area contributed by atoms with Crippen LogP contribution in [0.15, 0.2) is 59.8 Å². The van der Waals surface area contributed by atoms with Crippen LogP contribution >= 0.6 is 11.5 Å². The first-order chi connectivity index (χ1) is 15.1. The summed E-state index contributed by atoms with van der Waals surface area (Å²) in [5, 5.41) is 0.287. The lowest BCUT2D eigenvalue weighted by Crippen LogP contribution is -2.38. The maximum atomic E-state index is 12.8. The summed E-state index contributed by atoms with van der Waals surface area (Å²) in [6.07, 6.45) is 8.10. The summed E-state index contributed by atoms with van der Waals surface area (Å²) in [4.78, 5) is 6.88. The van der Waals surface area contributed by atoms with E-state index in [2.05, 4.69) is 49.3 Å². The first-order valence-corrected chi connectivity index (χ1v) is 13.1. The van der Waals surface area contributed by atoms with Crippen LogP contribution in [0, 0.1) is 0 Å². The molecule has 1 saturated heterocycles. The molecule has 31 heavy (non-hydrogen) atoms. The Morgan fingerprint density at radius 3 is 2.65 bits per heavy atom. The lowest BCUT2D eigenvalue weighted by molar-refractivity contribution is 0.0835. The van der Waals surface area contributed by atoms with E-state index in [0.717, 1.165) is 42.9 Å². The number of nitrogens with one attached hydrogen (secondary N) is 1. The van der Waals surface area contributed by atoms with Gasteiger partial charge in [-0.3, -0.25) is 9.62 Å². The van der Waals surface area contributed by atoms with Gasteiger partial charge >= 0.3 is 0 Å². The van der Waals surface area contributed by atoms with Crippen molar-refractivity contribution in [2.75, 3.05) is 11.3 Å². The molecular formula is C23H26N4O2S2. The van der Waals surface area contributed by atoms with Crippen molar-refractivity contribution < 1.29 is 8.42 Å². The zero-order chi connectivity index (χ0) is 21.3. The molecule has 1 aliphatic heterocycles. The van der Waals surface area contributed by atoms with Gasteiger partial charge in [-0.25, -0.2) is 13.4 Å². The van der Waals surface area contributed by atoms with Crippen molar-refractivity contribution in [2.24, 2.45) is 0 Å². The van der Waals surface area contributed by atoms with Crippen LogP contribution in [0.3, 0.4) is 0 Å². The van der Waals surface area contributed by atoms with Crippen LogP contribution in [0.5, 0.6) is 0 Å². The second-order valence-corrected chi connectivity index (χ2v) is 10.7. The molecule has 8 heteroatoms. The molecule has 2 atom stereocenters. The molecule has 0 saturated carbocycles. The van der Waals surface area contributed by atoms with Crippen LogP contribution in [0.4, 0.5) is 5.13 Å². The number of sulfonamides is 1. The van der Waals surface area contributed by atoms with Gasteiger partial charge in [0.25, 0.3) is 10.0 Å². The number of rotatable bonds is 5. The average Bonchev–Trinajstić information content (AvgIpc) is 3.31. The molecule has 1 aliphatic carbocycles. The van der Waals surface area contributed by atoms with E-state index in [1.807, 2.05) is 12.1 Å². The van der Waals surface area contributed by atoms with Gasteiger partial charge in [0, 0.05) is 23.6 Å². The Morgan fingerprint density at radius 1 is 1.00 bits per heavy atom. The summed E-state index contributed by atoms with van der Waals surface area (Å²) in [5.74, 6) is 0. The molecule has 2 unspecified atom stereocenters. The number of aryl methyl sites for hydroxylation is 1. The fourth-order valence-corrected chi connectivity index (χ4v) is 6.74. The number of fused-ring (bicyclic) bond motifs is 1. The van der Waals surface area contributed by atoms with E-state index in [-0.39, 0.29) is 5.13 Å². The number of aromatic nitrogens is 2. The predicted molar refractivity (Wildman–Crippen MR) is 123 cm³/mol. The third-order valence-corrected chi connectivity index (χ3v) is 8.47. The molecule has 2 aliphatic rings. The van der Waals surface area contributed by atoms with Crippen LogP contribution in [-0.2, 0) is 16.4 Å². The molecule has 3 aromatic rings. The summed E-state index contributed by atoms with van der Waals surface area (Å²) >= 11 is 1.03. The Hall–Kier alpha value is -2.29. The zero-order valence-electron chi connectivity index (χ0n) is 17.3. The molecule has 0 radical (unpaired) electrons. The molecule has 2 aromatic carbocycles. The largest absolute Gasteiger partial charge is 0.289 e. The molecule has 5 rings (SSSR count). The maximum Gasteiger partial charge on any atom is 0.263 e. The fraction of sp³-hybridized carbons (Fsp3) is 0.391. The molecule has 6 nitrogen and oxygen atoms in total. The highest BCUT2D eigenvalue weighted by atomic mass is 32.2. The van der Waals surface area contributed by atoms with E-state index in [0.29, 0.717) is 17.0 Å². The molecule has 1 aromatic heterocycles. The minimum atomic E-state index is -3.67. The summed E-state index contributed by atoms with van der Waals surface area (Å²) in [6, 6.07) is 17.2. The number of benzene rings is 2. The highest BCUT2D eigenvalue weighted by Crippen LogP contribution is 2.43. The van der Waals surface area contributed by atoms with Gasteiger partial charge < -0.3 is 0 Å². The zero-order valence-corrected chi connectivity index (χ0v) is 18.9. The van der Waals surface area contributed by atoms with Crippen molar-refractivity contribution in [3.63, 3.8) is 0 Å². The first-order valence-electron chi connectivity index (χ1n) is 10.8. The van der Waals surface area contributed by atoms with Gasteiger partial charge in [-0.15, -0.1) is 0 Å². The Morgan fingerprint density at radius 2 is 1.84 bits per heavy atom. The van der Waals surface area contributed by atoms with Gasteiger partial charge in [0.2, 0.25) is 5.13 Å². The van der Waals surface area contributed by atoms with Crippen LogP contribution < -0.4 is 4.72 Å². The summed E-state index contributed by atoms with van der Waals surface area (Å²) in [5.41, 5.74) is 3.81. The molecule has 1 N–H and O–H groups in total. The Labute approximate surface area is 187 Å². The summed E-state index contributed by atoms with van der Waals surface area (Å²) in [7, 11) is -3.67. The second kappa shape index (κ2) is 8.68. The predicted octanol–water partition coefficient (Wildman–Crippen LogP) is 4.94. The van der Waals surface area contributed by atoms with Gasteiger partial charge in [-0.2, -0.15) is 4.37 Å². The smallest absolute Gasteiger partial charge is 0.263 e. The van der Waals surface area contributed by atoms with E-state index >= 15 is 0 Å². The van der Waals surface area contributed by atoms with E-state index in [1.54, 1.807) is 6.07 Å². The van der Waals surface area contributed by atoms with Crippen molar-refractivity contribution in [1.29, 1.82) is 0 Å².